The molecule has 0 bridgehead atoms. The molecular weight excluding hydrogens is 372 g/mol. The molecule has 0 unspecified atom stereocenters. The maximum Gasteiger partial charge on any atom is 0.277 e. The largest absolute Gasteiger partial charge is 0.484 e. The van der Waals surface area contributed by atoms with Crippen molar-refractivity contribution in [2.45, 2.75) is 25.7 Å². The lowest BCUT2D eigenvalue weighted by Crippen LogP contribution is -2.02. The molecule has 3 rings (SSSR count). The van der Waals surface area contributed by atoms with E-state index in [0.29, 0.717) is 27.4 Å². The summed E-state index contributed by atoms with van der Waals surface area (Å²) < 4.78 is 11.1. The molecule has 0 saturated carbocycles. The van der Waals surface area contributed by atoms with Gasteiger partial charge in [0.15, 0.2) is 12.4 Å². The first-order chi connectivity index (χ1) is 12.5. The lowest BCUT2D eigenvalue weighted by Gasteiger charge is -2.05. The van der Waals surface area contributed by atoms with E-state index in [2.05, 4.69) is 10.2 Å². The second kappa shape index (κ2) is 8.38. The van der Waals surface area contributed by atoms with E-state index in [1.807, 2.05) is 44.2 Å². The number of nitrogens with zero attached hydrogens (tertiary/aromatic N) is 2. The van der Waals surface area contributed by atoms with Gasteiger partial charge in [0.25, 0.3) is 11.1 Å². The highest BCUT2D eigenvalue weighted by Gasteiger charge is 2.12. The average Bonchev–Trinajstić information content (AvgIpc) is 3.09. The predicted molar refractivity (Wildman–Crippen MR) is 101 cm³/mol. The van der Waals surface area contributed by atoms with Crippen molar-refractivity contribution in [3.05, 3.63) is 70.1 Å². The Morgan fingerprint density at radius 3 is 2.65 bits per heavy atom. The van der Waals surface area contributed by atoms with Crippen LogP contribution in [0, 0.1) is 13.8 Å². The van der Waals surface area contributed by atoms with E-state index in [1.165, 1.54) is 11.8 Å². The highest BCUT2D eigenvalue weighted by molar-refractivity contribution is 7.99. The molecule has 26 heavy (non-hydrogen) atoms. The monoisotopic (exact) mass is 388 g/mol. The molecule has 0 aliphatic carbocycles. The molecule has 0 spiro atoms. The summed E-state index contributed by atoms with van der Waals surface area (Å²) in [6.45, 7) is 4.04. The van der Waals surface area contributed by atoms with Crippen molar-refractivity contribution >= 4 is 29.1 Å². The highest BCUT2D eigenvalue weighted by Crippen LogP contribution is 2.22. The van der Waals surface area contributed by atoms with Gasteiger partial charge in [-0.15, -0.1) is 10.2 Å². The van der Waals surface area contributed by atoms with Crippen LogP contribution in [0.4, 0.5) is 0 Å². The van der Waals surface area contributed by atoms with Gasteiger partial charge in [-0.1, -0.05) is 53.2 Å². The van der Waals surface area contributed by atoms with Crippen molar-refractivity contribution in [3.63, 3.8) is 0 Å². The zero-order chi connectivity index (χ0) is 18.5. The fourth-order valence-corrected chi connectivity index (χ4v) is 2.95. The van der Waals surface area contributed by atoms with Gasteiger partial charge in [-0.3, -0.25) is 4.79 Å². The maximum absolute atomic E-state index is 12.2. The normalized spacial score (nSPS) is 10.7. The van der Waals surface area contributed by atoms with Crippen LogP contribution in [0.2, 0.25) is 5.02 Å². The summed E-state index contributed by atoms with van der Waals surface area (Å²) >= 11 is 7.20. The number of rotatable bonds is 7. The van der Waals surface area contributed by atoms with E-state index in [9.17, 15) is 4.79 Å². The molecule has 0 aliphatic rings. The van der Waals surface area contributed by atoms with Gasteiger partial charge in [0.1, 0.15) is 5.75 Å². The minimum absolute atomic E-state index is 0.0163. The van der Waals surface area contributed by atoms with Gasteiger partial charge >= 0.3 is 0 Å². The number of halogens is 1. The predicted octanol–water partition coefficient (Wildman–Crippen LogP) is 4.89. The van der Waals surface area contributed by atoms with Crippen molar-refractivity contribution in [2.24, 2.45) is 0 Å². The third kappa shape index (κ3) is 4.86. The number of ether oxygens (including phenoxy) is 1. The van der Waals surface area contributed by atoms with Crippen LogP contribution in [0.25, 0.3) is 0 Å². The summed E-state index contributed by atoms with van der Waals surface area (Å²) in [4.78, 5) is 12.2. The number of hydrogen-bond donors (Lipinski definition) is 0. The Balaban J connectivity index is 1.52. The molecule has 0 radical (unpaired) electrons. The number of Topliss-reactive ketones (excluding diaryl/α,β-unsaturated/α-hetero) is 1. The standard InChI is InChI=1S/C19H17ClN2O3S/c1-12-3-5-14(6-4-12)17(23)11-26-19-22-21-18(25-19)10-24-15-7-8-16(20)13(2)9-15/h3-9H,10-11H2,1-2H3. The summed E-state index contributed by atoms with van der Waals surface area (Å²) in [6, 6.07) is 12.9. The lowest BCUT2D eigenvalue weighted by molar-refractivity contribution is 0.102. The molecule has 3 aromatic rings. The molecule has 0 N–H and O–H groups in total. The third-order valence-corrected chi connectivity index (χ3v) is 4.88. The van der Waals surface area contributed by atoms with E-state index in [-0.39, 0.29) is 18.1 Å². The number of aryl methyl sites for hydroxylation is 2. The van der Waals surface area contributed by atoms with Crippen molar-refractivity contribution in [2.75, 3.05) is 5.75 Å². The Kier molecular flexibility index (Phi) is 5.96. The highest BCUT2D eigenvalue weighted by atomic mass is 35.5. The van der Waals surface area contributed by atoms with Crippen molar-refractivity contribution in [1.82, 2.24) is 10.2 Å². The number of carbonyl (C=O) groups is 1. The van der Waals surface area contributed by atoms with Crippen LogP contribution >= 0.6 is 23.4 Å². The van der Waals surface area contributed by atoms with Crippen LogP contribution in [0.15, 0.2) is 52.1 Å². The van der Waals surface area contributed by atoms with Gasteiger partial charge in [-0.25, -0.2) is 0 Å². The molecule has 0 aliphatic heterocycles. The molecule has 1 aromatic heterocycles. The summed E-state index contributed by atoms with van der Waals surface area (Å²) in [5.41, 5.74) is 2.72. The number of carbonyl (C=O) groups excluding carboxylic acids is 1. The number of aromatic nitrogens is 2. The molecule has 134 valence electrons. The minimum atomic E-state index is 0.0163. The zero-order valence-electron chi connectivity index (χ0n) is 14.4. The van der Waals surface area contributed by atoms with Crippen LogP contribution in [-0.4, -0.2) is 21.7 Å². The van der Waals surface area contributed by atoms with E-state index < -0.39 is 0 Å². The summed E-state index contributed by atoms with van der Waals surface area (Å²) in [6.07, 6.45) is 0. The van der Waals surface area contributed by atoms with Crippen molar-refractivity contribution < 1.29 is 13.9 Å². The van der Waals surface area contributed by atoms with Crippen LogP contribution in [0.3, 0.4) is 0 Å². The molecular formula is C19H17ClN2O3S. The molecule has 0 fully saturated rings. The van der Waals surface area contributed by atoms with E-state index in [1.54, 1.807) is 12.1 Å². The minimum Gasteiger partial charge on any atom is -0.484 e. The summed E-state index contributed by atoms with van der Waals surface area (Å²) in [5.74, 6) is 1.28. The van der Waals surface area contributed by atoms with E-state index in [4.69, 9.17) is 20.8 Å². The Hall–Kier alpha value is -2.31. The molecule has 2 aromatic carbocycles. The molecule has 0 amide bonds. The number of thioether (sulfide) groups is 1. The van der Waals surface area contributed by atoms with E-state index >= 15 is 0 Å². The topological polar surface area (TPSA) is 65.2 Å². The Morgan fingerprint density at radius 2 is 1.92 bits per heavy atom. The SMILES string of the molecule is Cc1ccc(C(=O)CSc2nnc(COc3ccc(Cl)c(C)c3)o2)cc1. The summed E-state index contributed by atoms with van der Waals surface area (Å²) in [7, 11) is 0. The first-order valence-corrected chi connectivity index (χ1v) is 9.31. The van der Waals surface area contributed by atoms with Crippen LogP contribution in [0.5, 0.6) is 5.75 Å². The first kappa shape index (κ1) is 18.5. The maximum atomic E-state index is 12.2. The fourth-order valence-electron chi connectivity index (χ4n) is 2.16. The quantitative estimate of drug-likeness (QED) is 0.424. The van der Waals surface area contributed by atoms with Gasteiger partial charge in [0, 0.05) is 10.6 Å². The number of benzene rings is 2. The summed E-state index contributed by atoms with van der Waals surface area (Å²) in [5, 5.41) is 8.90. The molecule has 5 nitrogen and oxygen atoms in total. The zero-order valence-corrected chi connectivity index (χ0v) is 15.9. The van der Waals surface area contributed by atoms with Crippen molar-refractivity contribution in [1.29, 1.82) is 0 Å². The molecule has 7 heteroatoms. The van der Waals surface area contributed by atoms with E-state index in [0.717, 1.165) is 11.1 Å². The van der Waals surface area contributed by atoms with Gasteiger partial charge in [-0.2, -0.15) is 0 Å². The second-order valence-electron chi connectivity index (χ2n) is 5.74. The fraction of sp³-hybridized carbons (Fsp3) is 0.211. The van der Waals surface area contributed by atoms with Crippen LogP contribution < -0.4 is 4.74 Å². The third-order valence-electron chi connectivity index (χ3n) is 3.64. The van der Waals surface area contributed by atoms with Crippen LogP contribution in [0.1, 0.15) is 27.4 Å². The Morgan fingerprint density at radius 1 is 1.15 bits per heavy atom. The second-order valence-corrected chi connectivity index (χ2v) is 7.07. The smallest absolute Gasteiger partial charge is 0.277 e. The molecule has 1 heterocycles. The Bertz CT molecular complexity index is 909. The first-order valence-electron chi connectivity index (χ1n) is 7.95. The molecule has 0 atom stereocenters. The van der Waals surface area contributed by atoms with Crippen LogP contribution in [-0.2, 0) is 6.61 Å². The van der Waals surface area contributed by atoms with Gasteiger partial charge in [0.05, 0.1) is 5.75 Å². The Labute approximate surface area is 160 Å². The number of hydrogen-bond acceptors (Lipinski definition) is 6. The number of ketones is 1. The van der Waals surface area contributed by atoms with Crippen molar-refractivity contribution in [3.8, 4) is 5.75 Å². The average molecular weight is 389 g/mol. The lowest BCUT2D eigenvalue weighted by atomic mass is 10.1. The van der Waals surface area contributed by atoms with Gasteiger partial charge < -0.3 is 9.15 Å². The molecule has 0 saturated heterocycles. The van der Waals surface area contributed by atoms with Gasteiger partial charge in [-0.05, 0) is 37.6 Å². The van der Waals surface area contributed by atoms with Gasteiger partial charge in [0.2, 0.25) is 0 Å².